The van der Waals surface area contributed by atoms with Gasteiger partial charge in [0, 0.05) is 27.6 Å². The molecule has 0 saturated heterocycles. The summed E-state index contributed by atoms with van der Waals surface area (Å²) >= 11 is 0. The number of hydrogen-bond acceptors (Lipinski definition) is 2. The fraction of sp³-hybridized carbons (Fsp3) is 0.0149. The summed E-state index contributed by atoms with van der Waals surface area (Å²) in [5.74, 6) is 0. The van der Waals surface area contributed by atoms with E-state index in [9.17, 15) is 0 Å². The van der Waals surface area contributed by atoms with Crippen molar-refractivity contribution in [3.05, 3.63) is 295 Å². The van der Waals surface area contributed by atoms with Gasteiger partial charge in [-0.3, -0.25) is 0 Å². The van der Waals surface area contributed by atoms with E-state index in [4.69, 9.17) is 4.42 Å². The average molecular weight is 880 g/mol. The number of furan rings is 1. The zero-order valence-electron chi connectivity index (χ0n) is 37.8. The second kappa shape index (κ2) is 16.7. The quantitative estimate of drug-likeness (QED) is 0.144. The minimum absolute atomic E-state index is 0.518. The molecule has 0 radical (unpaired) electrons. The Labute approximate surface area is 402 Å². The molecule has 0 aliphatic heterocycles. The summed E-state index contributed by atoms with van der Waals surface area (Å²) in [5, 5.41) is 2.24. The van der Waals surface area contributed by atoms with Crippen LogP contribution in [0.3, 0.4) is 0 Å². The summed E-state index contributed by atoms with van der Waals surface area (Å²) in [5.41, 5.74) is 21.3. The Balaban J connectivity index is 1.01. The van der Waals surface area contributed by atoms with Crippen molar-refractivity contribution in [3.63, 3.8) is 0 Å². The van der Waals surface area contributed by atoms with Gasteiger partial charge in [0.2, 0.25) is 0 Å². The lowest BCUT2D eigenvalue weighted by molar-refractivity contribution is 0.669. The van der Waals surface area contributed by atoms with Crippen LogP contribution in [0.5, 0.6) is 0 Å². The van der Waals surface area contributed by atoms with Crippen molar-refractivity contribution in [2.45, 2.75) is 5.41 Å². The molecule has 0 spiro atoms. The first-order valence-electron chi connectivity index (χ1n) is 23.7. The average Bonchev–Trinajstić information content (AvgIpc) is 3.96. The number of para-hydroxylation sites is 3. The van der Waals surface area contributed by atoms with E-state index in [0.717, 1.165) is 61.3 Å². The maximum Gasteiger partial charge on any atom is 0.136 e. The van der Waals surface area contributed by atoms with Gasteiger partial charge in [-0.2, -0.15) is 0 Å². The van der Waals surface area contributed by atoms with Crippen molar-refractivity contribution in [2.75, 3.05) is 4.90 Å². The minimum Gasteiger partial charge on any atom is -0.456 e. The first-order chi connectivity index (χ1) is 34.2. The molecule has 0 N–H and O–H groups in total. The molecule has 11 aromatic carbocycles. The standard InChI is InChI=1S/C67H45NO/c1-4-19-46(20-5-1)47-35-37-48(38-36-47)49-39-42-53(43-40-49)68(62-32-15-11-25-54(62)50-41-44-57-56-27-13-17-34-64(56)69-65(57)45-50)63-33-16-12-26-55(63)58-29-18-31-61-66(58)59-28-10-14-30-60(59)67(61,51-21-6-2-7-22-51)52-23-8-3-9-24-52/h1-45H. The van der Waals surface area contributed by atoms with Crippen molar-refractivity contribution < 1.29 is 4.42 Å². The van der Waals surface area contributed by atoms with Crippen LogP contribution >= 0.6 is 0 Å². The molecule has 2 heteroatoms. The predicted molar refractivity (Wildman–Crippen MR) is 287 cm³/mol. The molecule has 12 aromatic rings. The molecule has 1 heterocycles. The molecule has 2 nitrogen and oxygen atoms in total. The maximum absolute atomic E-state index is 6.49. The number of anilines is 3. The van der Waals surface area contributed by atoms with E-state index in [-0.39, 0.29) is 0 Å². The van der Waals surface area contributed by atoms with E-state index in [1.54, 1.807) is 0 Å². The first kappa shape index (κ1) is 40.3. The number of fused-ring (bicyclic) bond motifs is 6. The molecule has 0 fully saturated rings. The SMILES string of the molecule is c1ccc(-c2ccc(-c3ccc(N(c4ccccc4-c4ccc5c(c4)oc4ccccc45)c4ccccc4-c4cccc5c4-c4ccccc4C5(c4ccccc4)c4ccccc4)cc3)cc2)cc1. The molecule has 1 aliphatic carbocycles. The first-order valence-corrected chi connectivity index (χ1v) is 23.7. The lowest BCUT2D eigenvalue weighted by Gasteiger charge is -2.34. The van der Waals surface area contributed by atoms with Crippen molar-refractivity contribution in [1.29, 1.82) is 0 Å². The van der Waals surface area contributed by atoms with Gasteiger partial charge in [-0.1, -0.05) is 231 Å². The van der Waals surface area contributed by atoms with Gasteiger partial charge < -0.3 is 9.32 Å². The Bertz CT molecular complexity index is 3780. The van der Waals surface area contributed by atoms with Crippen molar-refractivity contribution in [2.24, 2.45) is 0 Å². The zero-order chi connectivity index (χ0) is 45.7. The lowest BCUT2D eigenvalue weighted by atomic mass is 9.67. The zero-order valence-corrected chi connectivity index (χ0v) is 37.8. The summed E-state index contributed by atoms with van der Waals surface area (Å²) in [4.78, 5) is 2.46. The molecule has 69 heavy (non-hydrogen) atoms. The van der Waals surface area contributed by atoms with Crippen LogP contribution in [0.4, 0.5) is 17.1 Å². The summed E-state index contributed by atoms with van der Waals surface area (Å²) in [6.07, 6.45) is 0. The van der Waals surface area contributed by atoms with Gasteiger partial charge in [0.05, 0.1) is 16.8 Å². The molecule has 0 bridgehead atoms. The molecule has 324 valence electrons. The van der Waals surface area contributed by atoms with Crippen LogP contribution in [0, 0.1) is 0 Å². The molecule has 0 atom stereocenters. The predicted octanol–water partition coefficient (Wildman–Crippen LogP) is 18.1. The molecule has 0 unspecified atom stereocenters. The van der Waals surface area contributed by atoms with Gasteiger partial charge in [0.15, 0.2) is 0 Å². The van der Waals surface area contributed by atoms with Gasteiger partial charge in [-0.25, -0.2) is 0 Å². The monoisotopic (exact) mass is 879 g/mol. The van der Waals surface area contributed by atoms with E-state index in [0.29, 0.717) is 0 Å². The van der Waals surface area contributed by atoms with Crippen molar-refractivity contribution >= 4 is 39.0 Å². The highest BCUT2D eigenvalue weighted by molar-refractivity contribution is 6.07. The van der Waals surface area contributed by atoms with Crippen LogP contribution < -0.4 is 4.90 Å². The molecular weight excluding hydrogens is 835 g/mol. The highest BCUT2D eigenvalue weighted by atomic mass is 16.3. The van der Waals surface area contributed by atoms with Gasteiger partial charge in [0.25, 0.3) is 0 Å². The molecular formula is C67H45NO. The summed E-state index contributed by atoms with van der Waals surface area (Å²) < 4.78 is 6.49. The highest BCUT2D eigenvalue weighted by Gasteiger charge is 2.47. The number of nitrogens with zero attached hydrogens (tertiary/aromatic N) is 1. The van der Waals surface area contributed by atoms with Crippen LogP contribution in [0.1, 0.15) is 22.3 Å². The Morgan fingerprint density at radius 1 is 0.290 bits per heavy atom. The number of rotatable bonds is 9. The Hall–Kier alpha value is -8.98. The smallest absolute Gasteiger partial charge is 0.136 e. The fourth-order valence-electron chi connectivity index (χ4n) is 11.1. The van der Waals surface area contributed by atoms with Gasteiger partial charge >= 0.3 is 0 Å². The fourth-order valence-corrected chi connectivity index (χ4v) is 11.1. The molecule has 0 amide bonds. The molecule has 1 aliphatic rings. The summed E-state index contributed by atoms with van der Waals surface area (Å²) in [7, 11) is 0. The third kappa shape index (κ3) is 6.64. The third-order valence-corrected chi connectivity index (χ3v) is 14.2. The molecule has 0 saturated carbocycles. The molecule has 13 rings (SSSR count). The van der Waals surface area contributed by atoms with Gasteiger partial charge in [-0.05, 0) is 109 Å². The van der Waals surface area contributed by atoms with Crippen molar-refractivity contribution in [3.8, 4) is 55.6 Å². The minimum atomic E-state index is -0.518. The second-order valence-corrected chi connectivity index (χ2v) is 17.9. The van der Waals surface area contributed by atoms with Crippen molar-refractivity contribution in [1.82, 2.24) is 0 Å². The lowest BCUT2D eigenvalue weighted by Crippen LogP contribution is -2.28. The van der Waals surface area contributed by atoms with Crippen LogP contribution in [-0.4, -0.2) is 0 Å². The van der Waals surface area contributed by atoms with E-state index < -0.39 is 5.41 Å². The van der Waals surface area contributed by atoms with Crippen LogP contribution in [0.2, 0.25) is 0 Å². The summed E-state index contributed by atoms with van der Waals surface area (Å²) in [6.45, 7) is 0. The maximum atomic E-state index is 6.49. The molecule has 1 aromatic heterocycles. The second-order valence-electron chi connectivity index (χ2n) is 17.9. The number of benzene rings is 11. The van der Waals surface area contributed by atoms with Crippen LogP contribution in [0.15, 0.2) is 277 Å². The largest absolute Gasteiger partial charge is 0.456 e. The highest BCUT2D eigenvalue weighted by Crippen LogP contribution is 2.59. The number of hydrogen-bond donors (Lipinski definition) is 0. The van der Waals surface area contributed by atoms with Gasteiger partial charge in [0.1, 0.15) is 11.2 Å². The van der Waals surface area contributed by atoms with Gasteiger partial charge in [-0.15, -0.1) is 0 Å². The normalized spacial score (nSPS) is 12.5. The topological polar surface area (TPSA) is 16.4 Å². The Kier molecular flexibility index (Phi) is 9.77. The summed E-state index contributed by atoms with van der Waals surface area (Å²) in [6, 6.07) is 99.3. The van der Waals surface area contributed by atoms with Crippen LogP contribution in [0.25, 0.3) is 77.6 Å². The van der Waals surface area contributed by atoms with E-state index >= 15 is 0 Å². The Morgan fingerprint density at radius 2 is 0.754 bits per heavy atom. The van der Waals surface area contributed by atoms with E-state index in [1.165, 1.54) is 55.6 Å². The third-order valence-electron chi connectivity index (χ3n) is 14.2. The van der Waals surface area contributed by atoms with E-state index in [2.05, 4.69) is 266 Å². The Morgan fingerprint density at radius 3 is 1.43 bits per heavy atom. The van der Waals surface area contributed by atoms with E-state index in [1.807, 2.05) is 12.1 Å². The van der Waals surface area contributed by atoms with Crippen LogP contribution in [-0.2, 0) is 5.41 Å².